The zero-order valence-electron chi connectivity index (χ0n) is 13.2. The van der Waals surface area contributed by atoms with Gasteiger partial charge in [0.25, 0.3) is 0 Å². The molecule has 0 saturated carbocycles. The zero-order chi connectivity index (χ0) is 14.5. The molecule has 0 bridgehead atoms. The number of carboxylic acids is 4. The summed E-state index contributed by atoms with van der Waals surface area (Å²) in [6, 6.07) is -4.59. The van der Waals surface area contributed by atoms with Crippen LogP contribution in [0.2, 0.25) is 0 Å². The molecule has 0 radical (unpaired) electrons. The molecule has 2 unspecified atom stereocenters. The molecule has 0 rings (SSSR count). The Morgan fingerprint density at radius 3 is 1.09 bits per heavy atom. The third-order valence-electron chi connectivity index (χ3n) is 1.90. The topological polar surface area (TPSA) is 215 Å². The molecular formula is C8H9NNa4O10. The van der Waals surface area contributed by atoms with Gasteiger partial charge in [0.1, 0.15) is 0 Å². The summed E-state index contributed by atoms with van der Waals surface area (Å²) in [5, 5.41) is 50.1. The van der Waals surface area contributed by atoms with Gasteiger partial charge < -0.3 is 50.3 Å². The number of aliphatic carboxylic acids is 4. The van der Waals surface area contributed by atoms with Crippen molar-refractivity contribution in [2.24, 2.45) is 0 Å². The minimum Gasteiger partial charge on any atom is -0.550 e. The smallest absolute Gasteiger partial charge is 0.550 e. The summed E-state index contributed by atoms with van der Waals surface area (Å²) in [5.74, 6) is -8.06. The van der Waals surface area contributed by atoms with Crippen molar-refractivity contribution in [1.29, 1.82) is 0 Å². The first-order chi connectivity index (χ1) is 8.16. The van der Waals surface area contributed by atoms with Crippen molar-refractivity contribution in [2.75, 3.05) is 0 Å². The molecule has 0 aromatic rings. The molecule has 11 nitrogen and oxygen atoms in total. The number of hydrogen-bond donors (Lipinski definition) is 1. The molecule has 3 N–H and O–H groups in total. The SMILES string of the molecule is O.O=C([O-])CC(C(=O)[O-])N(O)C(CC(=O)[O-])C(=O)[O-].[Na+].[Na+].[Na+].[Na+]. The van der Waals surface area contributed by atoms with Gasteiger partial charge in [-0.1, -0.05) is 0 Å². The van der Waals surface area contributed by atoms with E-state index in [4.69, 9.17) is 0 Å². The van der Waals surface area contributed by atoms with Crippen LogP contribution >= 0.6 is 0 Å². The fourth-order valence-electron chi connectivity index (χ4n) is 1.10. The average Bonchev–Trinajstić information content (AvgIpc) is 2.20. The Kier molecular flexibility index (Phi) is 34.7. The molecule has 110 valence electrons. The van der Waals surface area contributed by atoms with Crippen LogP contribution in [0, 0.1) is 0 Å². The van der Waals surface area contributed by atoms with Gasteiger partial charge in [0.05, 0.1) is 24.0 Å². The van der Waals surface area contributed by atoms with Crippen LogP contribution < -0.4 is 139 Å². The second-order valence-corrected chi connectivity index (χ2v) is 3.20. The molecular weight excluding hydrogens is 362 g/mol. The van der Waals surface area contributed by atoms with Crippen LogP contribution in [0.4, 0.5) is 0 Å². The molecule has 0 aliphatic carbocycles. The third-order valence-corrected chi connectivity index (χ3v) is 1.90. The Balaban J connectivity index is -0.000000144. The van der Waals surface area contributed by atoms with E-state index in [1.165, 1.54) is 0 Å². The van der Waals surface area contributed by atoms with Crippen molar-refractivity contribution in [3.05, 3.63) is 0 Å². The number of hydrogen-bond acceptors (Lipinski definition) is 10. The monoisotopic (exact) mass is 371 g/mol. The van der Waals surface area contributed by atoms with Crippen molar-refractivity contribution >= 4 is 23.9 Å². The Morgan fingerprint density at radius 1 is 0.739 bits per heavy atom. The molecule has 2 atom stereocenters. The summed E-state index contributed by atoms with van der Waals surface area (Å²) in [4.78, 5) is 41.4. The van der Waals surface area contributed by atoms with Crippen LogP contribution in [0.15, 0.2) is 0 Å². The van der Waals surface area contributed by atoms with E-state index in [2.05, 4.69) is 0 Å². The number of rotatable bonds is 8. The van der Waals surface area contributed by atoms with Crippen LogP contribution in [-0.2, 0) is 19.2 Å². The Morgan fingerprint density at radius 2 is 0.957 bits per heavy atom. The summed E-state index contributed by atoms with van der Waals surface area (Å²) in [6.45, 7) is 0. The Labute approximate surface area is 219 Å². The molecule has 0 amide bonds. The second kappa shape index (κ2) is 20.1. The van der Waals surface area contributed by atoms with Crippen LogP contribution in [0.25, 0.3) is 0 Å². The van der Waals surface area contributed by atoms with Gasteiger partial charge in [-0.3, -0.25) is 0 Å². The van der Waals surface area contributed by atoms with Gasteiger partial charge >= 0.3 is 118 Å². The van der Waals surface area contributed by atoms with Crippen LogP contribution in [0.5, 0.6) is 0 Å². The summed E-state index contributed by atoms with van der Waals surface area (Å²) in [6.07, 6.45) is -2.59. The molecule has 0 fully saturated rings. The van der Waals surface area contributed by atoms with Crippen LogP contribution in [-0.4, -0.2) is 51.7 Å². The van der Waals surface area contributed by atoms with Gasteiger partial charge in [-0.25, -0.2) is 0 Å². The number of carbonyl (C=O) groups excluding carboxylic acids is 4. The Hall–Kier alpha value is 1.76. The van der Waals surface area contributed by atoms with Gasteiger partial charge in [-0.2, -0.15) is 5.06 Å². The van der Waals surface area contributed by atoms with E-state index in [0.29, 0.717) is 0 Å². The van der Waals surface area contributed by atoms with Crippen molar-refractivity contribution < 1.29 is 169 Å². The number of carboxylic acid groups (broad SMARTS) is 4. The van der Waals surface area contributed by atoms with Crippen LogP contribution in [0.1, 0.15) is 12.8 Å². The largest absolute Gasteiger partial charge is 1.00 e. The standard InChI is InChI=1S/C8H11NO9.4Na.H2O/c10-5(11)1-3(7(14)15)9(18)4(8(16)17)2-6(12)13;;;;;/h3-4,18H,1-2H2,(H,10,11)(H,12,13)(H,14,15)(H,16,17);;;;;1H2/q;4*+1;/p-4. The molecule has 0 spiro atoms. The van der Waals surface area contributed by atoms with Crippen LogP contribution in [0.3, 0.4) is 0 Å². The van der Waals surface area contributed by atoms with E-state index in [1.807, 2.05) is 0 Å². The molecule has 15 heteroatoms. The minimum atomic E-state index is -2.29. The first-order valence-electron chi connectivity index (χ1n) is 4.45. The van der Waals surface area contributed by atoms with E-state index in [-0.39, 0.29) is 124 Å². The normalized spacial score (nSPS) is 10.9. The summed E-state index contributed by atoms with van der Waals surface area (Å²) in [5.41, 5.74) is 0. The Bertz CT molecular complexity index is 348. The van der Waals surface area contributed by atoms with E-state index in [9.17, 15) is 44.8 Å². The summed E-state index contributed by atoms with van der Waals surface area (Å²) < 4.78 is 0. The fourth-order valence-corrected chi connectivity index (χ4v) is 1.10. The maximum Gasteiger partial charge on any atom is 1.00 e. The van der Waals surface area contributed by atoms with Crippen molar-refractivity contribution in [3.8, 4) is 0 Å². The first-order valence-corrected chi connectivity index (χ1v) is 4.45. The maximum atomic E-state index is 10.5. The van der Waals surface area contributed by atoms with Gasteiger partial charge in [0, 0.05) is 24.8 Å². The minimum absolute atomic E-state index is 0. The van der Waals surface area contributed by atoms with Crippen molar-refractivity contribution in [2.45, 2.75) is 24.9 Å². The molecule has 0 heterocycles. The van der Waals surface area contributed by atoms with Gasteiger partial charge in [0.2, 0.25) is 0 Å². The van der Waals surface area contributed by atoms with E-state index >= 15 is 0 Å². The second-order valence-electron chi connectivity index (χ2n) is 3.20. The number of hydroxylamine groups is 2. The maximum absolute atomic E-state index is 10.5. The van der Waals surface area contributed by atoms with E-state index in [0.717, 1.165) is 0 Å². The summed E-state index contributed by atoms with van der Waals surface area (Å²) >= 11 is 0. The third kappa shape index (κ3) is 17.0. The molecule has 0 aliphatic rings. The molecule has 0 aromatic carbocycles. The van der Waals surface area contributed by atoms with Gasteiger partial charge in [0.15, 0.2) is 0 Å². The number of carbonyl (C=O) groups is 4. The predicted octanol–water partition coefficient (Wildman–Crippen LogP) is -19.6. The summed E-state index contributed by atoms with van der Waals surface area (Å²) in [7, 11) is 0. The zero-order valence-corrected chi connectivity index (χ0v) is 21.2. The van der Waals surface area contributed by atoms with E-state index < -0.39 is 53.9 Å². The molecule has 0 aromatic heterocycles. The molecule has 0 aliphatic heterocycles. The molecule has 23 heavy (non-hydrogen) atoms. The van der Waals surface area contributed by atoms with Crippen molar-refractivity contribution in [3.63, 3.8) is 0 Å². The van der Waals surface area contributed by atoms with Crippen molar-refractivity contribution in [1.82, 2.24) is 5.06 Å². The van der Waals surface area contributed by atoms with E-state index in [1.54, 1.807) is 0 Å². The number of nitrogens with zero attached hydrogens (tertiary/aromatic N) is 1. The van der Waals surface area contributed by atoms with Gasteiger partial charge in [-0.15, -0.1) is 0 Å². The quantitative estimate of drug-likeness (QED) is 0.314. The first kappa shape index (κ1) is 39.7. The average molecular weight is 371 g/mol. The van der Waals surface area contributed by atoms with Gasteiger partial charge in [-0.05, 0) is 0 Å². The molecule has 0 saturated heterocycles. The predicted molar refractivity (Wildman–Crippen MR) is 44.1 cm³/mol. The fraction of sp³-hybridized carbons (Fsp3) is 0.500.